The SMILES string of the molecule is C[C@@H](NC(=O)NC1CCOC1C1CC1)C(=O)O. The van der Waals surface area contributed by atoms with E-state index in [0.29, 0.717) is 12.5 Å². The molecule has 2 amide bonds. The molecule has 2 unspecified atom stereocenters. The lowest BCUT2D eigenvalue weighted by atomic mass is 10.1. The van der Waals surface area contributed by atoms with E-state index in [1.807, 2.05) is 0 Å². The van der Waals surface area contributed by atoms with Gasteiger partial charge in [-0.05, 0) is 32.1 Å². The molecule has 2 aliphatic rings. The van der Waals surface area contributed by atoms with Crippen LogP contribution in [-0.4, -0.2) is 41.9 Å². The van der Waals surface area contributed by atoms with Crippen LogP contribution in [0.25, 0.3) is 0 Å². The normalized spacial score (nSPS) is 29.7. The largest absolute Gasteiger partial charge is 0.480 e. The summed E-state index contributed by atoms with van der Waals surface area (Å²) in [5, 5.41) is 13.9. The molecule has 1 aliphatic heterocycles. The van der Waals surface area contributed by atoms with Crippen LogP contribution in [0, 0.1) is 5.92 Å². The van der Waals surface area contributed by atoms with Crippen LogP contribution in [0.3, 0.4) is 0 Å². The summed E-state index contributed by atoms with van der Waals surface area (Å²) in [7, 11) is 0. The number of hydrogen-bond acceptors (Lipinski definition) is 3. The molecule has 1 saturated heterocycles. The van der Waals surface area contributed by atoms with E-state index in [1.165, 1.54) is 6.92 Å². The van der Waals surface area contributed by atoms with Crippen molar-refractivity contribution in [3.8, 4) is 0 Å². The maximum Gasteiger partial charge on any atom is 0.325 e. The van der Waals surface area contributed by atoms with Gasteiger partial charge in [-0.2, -0.15) is 0 Å². The Morgan fingerprint density at radius 2 is 2.06 bits per heavy atom. The van der Waals surface area contributed by atoms with Gasteiger partial charge in [0.1, 0.15) is 6.04 Å². The molecule has 6 nitrogen and oxygen atoms in total. The van der Waals surface area contributed by atoms with Crippen molar-refractivity contribution in [2.45, 2.75) is 44.4 Å². The Morgan fingerprint density at radius 3 is 2.65 bits per heavy atom. The molecular weight excluding hydrogens is 224 g/mol. The highest BCUT2D eigenvalue weighted by molar-refractivity contribution is 5.82. The second kappa shape index (κ2) is 4.91. The fourth-order valence-corrected chi connectivity index (χ4v) is 2.12. The lowest BCUT2D eigenvalue weighted by molar-refractivity contribution is -0.138. The lowest BCUT2D eigenvalue weighted by Crippen LogP contribution is -2.50. The summed E-state index contributed by atoms with van der Waals surface area (Å²) in [5.41, 5.74) is 0. The van der Waals surface area contributed by atoms with E-state index in [2.05, 4.69) is 10.6 Å². The second-order valence-electron chi connectivity index (χ2n) is 4.75. The molecule has 96 valence electrons. The Kier molecular flexibility index (Phi) is 3.51. The Labute approximate surface area is 99.7 Å². The van der Waals surface area contributed by atoms with E-state index >= 15 is 0 Å². The van der Waals surface area contributed by atoms with Gasteiger partial charge in [0.15, 0.2) is 0 Å². The van der Waals surface area contributed by atoms with Gasteiger partial charge in [0, 0.05) is 6.61 Å². The van der Waals surface area contributed by atoms with Gasteiger partial charge in [-0.3, -0.25) is 4.79 Å². The van der Waals surface area contributed by atoms with Gasteiger partial charge in [-0.15, -0.1) is 0 Å². The lowest BCUT2D eigenvalue weighted by Gasteiger charge is -2.20. The molecule has 1 aliphatic carbocycles. The predicted octanol–water partition coefficient (Wildman–Crippen LogP) is 0.326. The van der Waals surface area contributed by atoms with E-state index in [4.69, 9.17) is 9.84 Å². The van der Waals surface area contributed by atoms with Gasteiger partial charge in [-0.25, -0.2) is 4.79 Å². The van der Waals surface area contributed by atoms with E-state index in [-0.39, 0.29) is 12.1 Å². The zero-order chi connectivity index (χ0) is 12.4. The summed E-state index contributed by atoms with van der Waals surface area (Å²) in [6.07, 6.45) is 3.24. The minimum Gasteiger partial charge on any atom is -0.480 e. The molecular formula is C11H18N2O4. The topological polar surface area (TPSA) is 87.7 Å². The molecule has 0 aromatic rings. The number of carbonyl (C=O) groups is 2. The van der Waals surface area contributed by atoms with Crippen LogP contribution < -0.4 is 10.6 Å². The van der Waals surface area contributed by atoms with Crippen molar-refractivity contribution in [1.29, 1.82) is 0 Å². The van der Waals surface area contributed by atoms with Gasteiger partial charge in [0.25, 0.3) is 0 Å². The number of carboxylic acids is 1. The van der Waals surface area contributed by atoms with Crippen molar-refractivity contribution in [1.82, 2.24) is 10.6 Å². The Bertz CT molecular complexity index is 317. The highest BCUT2D eigenvalue weighted by Crippen LogP contribution is 2.38. The third-order valence-electron chi connectivity index (χ3n) is 3.26. The van der Waals surface area contributed by atoms with Crippen molar-refractivity contribution in [2.24, 2.45) is 5.92 Å². The first-order chi connectivity index (χ1) is 8.08. The first kappa shape index (κ1) is 12.2. The quantitative estimate of drug-likeness (QED) is 0.662. The van der Waals surface area contributed by atoms with Gasteiger partial charge in [-0.1, -0.05) is 0 Å². The molecule has 1 saturated carbocycles. The van der Waals surface area contributed by atoms with E-state index in [0.717, 1.165) is 19.3 Å². The summed E-state index contributed by atoms with van der Waals surface area (Å²) >= 11 is 0. The van der Waals surface area contributed by atoms with Crippen LogP contribution in [0.2, 0.25) is 0 Å². The molecule has 6 heteroatoms. The fraction of sp³-hybridized carbons (Fsp3) is 0.818. The summed E-state index contributed by atoms with van der Waals surface area (Å²) in [4.78, 5) is 22.1. The van der Waals surface area contributed by atoms with Gasteiger partial charge in [0.2, 0.25) is 0 Å². The third kappa shape index (κ3) is 3.09. The number of rotatable bonds is 4. The average Bonchev–Trinajstić information content (AvgIpc) is 3.00. The van der Waals surface area contributed by atoms with Crippen LogP contribution in [0.15, 0.2) is 0 Å². The van der Waals surface area contributed by atoms with Crippen molar-refractivity contribution < 1.29 is 19.4 Å². The van der Waals surface area contributed by atoms with Gasteiger partial charge < -0.3 is 20.5 Å². The molecule has 2 fully saturated rings. The molecule has 0 aromatic carbocycles. The standard InChI is InChI=1S/C11H18N2O4/c1-6(10(14)15)12-11(16)13-8-4-5-17-9(8)7-2-3-7/h6-9H,2-5H2,1H3,(H,14,15)(H2,12,13,16)/t6-,8?,9?/m1/s1. The fourth-order valence-electron chi connectivity index (χ4n) is 2.12. The van der Waals surface area contributed by atoms with Crippen LogP contribution in [0.5, 0.6) is 0 Å². The number of amides is 2. The molecule has 0 radical (unpaired) electrons. The number of aliphatic carboxylic acids is 1. The molecule has 1 heterocycles. The number of carboxylic acid groups (broad SMARTS) is 1. The summed E-state index contributed by atoms with van der Waals surface area (Å²) < 4.78 is 5.58. The number of ether oxygens (including phenoxy) is 1. The maximum absolute atomic E-state index is 11.6. The van der Waals surface area contributed by atoms with Gasteiger partial charge in [0.05, 0.1) is 12.1 Å². The number of nitrogens with one attached hydrogen (secondary N) is 2. The highest BCUT2D eigenvalue weighted by Gasteiger charge is 2.41. The van der Waals surface area contributed by atoms with Crippen molar-refractivity contribution in [3.63, 3.8) is 0 Å². The Morgan fingerprint density at radius 1 is 1.35 bits per heavy atom. The maximum atomic E-state index is 11.6. The predicted molar refractivity (Wildman–Crippen MR) is 59.6 cm³/mol. The van der Waals surface area contributed by atoms with Crippen LogP contribution in [0.1, 0.15) is 26.2 Å². The van der Waals surface area contributed by atoms with Crippen molar-refractivity contribution in [2.75, 3.05) is 6.61 Å². The van der Waals surface area contributed by atoms with Crippen LogP contribution in [0.4, 0.5) is 4.79 Å². The first-order valence-electron chi connectivity index (χ1n) is 5.99. The molecule has 0 spiro atoms. The average molecular weight is 242 g/mol. The van der Waals surface area contributed by atoms with E-state index in [1.54, 1.807) is 0 Å². The van der Waals surface area contributed by atoms with Crippen molar-refractivity contribution >= 4 is 12.0 Å². The number of urea groups is 1. The molecule has 3 N–H and O–H groups in total. The van der Waals surface area contributed by atoms with Crippen LogP contribution >= 0.6 is 0 Å². The van der Waals surface area contributed by atoms with E-state index < -0.39 is 18.0 Å². The van der Waals surface area contributed by atoms with Crippen molar-refractivity contribution in [3.05, 3.63) is 0 Å². The number of carbonyl (C=O) groups excluding carboxylic acids is 1. The Hall–Kier alpha value is -1.30. The zero-order valence-corrected chi connectivity index (χ0v) is 9.81. The minimum absolute atomic E-state index is 0.0171. The highest BCUT2D eigenvalue weighted by atomic mass is 16.5. The summed E-state index contributed by atoms with van der Waals surface area (Å²) in [6, 6.07) is -1.29. The third-order valence-corrected chi connectivity index (χ3v) is 3.26. The number of hydrogen-bond donors (Lipinski definition) is 3. The molecule has 0 bridgehead atoms. The molecule has 3 atom stereocenters. The molecule has 2 rings (SSSR count). The summed E-state index contributed by atoms with van der Waals surface area (Å²) in [5.74, 6) is -0.471. The molecule has 17 heavy (non-hydrogen) atoms. The monoisotopic (exact) mass is 242 g/mol. The van der Waals surface area contributed by atoms with E-state index in [9.17, 15) is 9.59 Å². The second-order valence-corrected chi connectivity index (χ2v) is 4.75. The Balaban J connectivity index is 1.79. The smallest absolute Gasteiger partial charge is 0.325 e. The van der Waals surface area contributed by atoms with Crippen LogP contribution in [-0.2, 0) is 9.53 Å². The minimum atomic E-state index is -1.04. The van der Waals surface area contributed by atoms with Gasteiger partial charge >= 0.3 is 12.0 Å². The first-order valence-corrected chi connectivity index (χ1v) is 5.99. The molecule has 0 aromatic heterocycles. The summed E-state index contributed by atoms with van der Waals surface area (Å²) in [6.45, 7) is 2.10. The zero-order valence-electron chi connectivity index (χ0n) is 9.81.